The lowest BCUT2D eigenvalue weighted by Gasteiger charge is -2.39. The summed E-state index contributed by atoms with van der Waals surface area (Å²) in [5.74, 6) is -1.63. The Labute approximate surface area is 149 Å². The van der Waals surface area contributed by atoms with Crippen molar-refractivity contribution in [2.24, 2.45) is 5.92 Å². The van der Waals surface area contributed by atoms with E-state index in [0.29, 0.717) is 16.8 Å². The van der Waals surface area contributed by atoms with Crippen LogP contribution in [0.5, 0.6) is 0 Å². The Morgan fingerprint density at radius 1 is 0.962 bits per heavy atom. The minimum absolute atomic E-state index is 0.293. The lowest BCUT2D eigenvalue weighted by molar-refractivity contribution is -0.170. The fourth-order valence-electron chi connectivity index (χ4n) is 3.89. The number of aromatic nitrogens is 1. The van der Waals surface area contributed by atoms with E-state index in [9.17, 15) is 13.2 Å². The molecule has 0 saturated heterocycles. The number of rotatable bonds is 2. The number of para-hydroxylation sites is 1. The maximum atomic E-state index is 14.2. The second-order valence-corrected chi connectivity index (χ2v) is 6.87. The zero-order chi connectivity index (χ0) is 18.4. The van der Waals surface area contributed by atoms with E-state index in [2.05, 4.69) is 4.98 Å². The van der Waals surface area contributed by atoms with E-state index in [1.165, 1.54) is 0 Å². The predicted molar refractivity (Wildman–Crippen MR) is 98.8 cm³/mol. The van der Waals surface area contributed by atoms with Gasteiger partial charge in [0.15, 0.2) is 0 Å². The lowest BCUT2D eigenvalue weighted by Crippen LogP contribution is -2.42. The van der Waals surface area contributed by atoms with Crippen molar-refractivity contribution in [2.75, 3.05) is 0 Å². The Balaban J connectivity index is 1.89. The van der Waals surface area contributed by atoms with Crippen LogP contribution in [0.25, 0.3) is 16.5 Å². The van der Waals surface area contributed by atoms with Crippen molar-refractivity contribution in [1.82, 2.24) is 4.98 Å². The lowest BCUT2D eigenvalue weighted by atomic mass is 9.66. The summed E-state index contributed by atoms with van der Waals surface area (Å²) in [5, 5.41) is 0.911. The van der Waals surface area contributed by atoms with Gasteiger partial charge in [-0.15, -0.1) is 0 Å². The first-order valence-electron chi connectivity index (χ1n) is 8.49. The molecule has 1 heterocycles. The van der Waals surface area contributed by atoms with Gasteiger partial charge in [0.2, 0.25) is 0 Å². The molecule has 1 aliphatic rings. The van der Waals surface area contributed by atoms with E-state index in [1.54, 1.807) is 49.4 Å². The van der Waals surface area contributed by atoms with Crippen molar-refractivity contribution < 1.29 is 13.2 Å². The van der Waals surface area contributed by atoms with Gasteiger partial charge in [0, 0.05) is 16.6 Å². The Kier molecular flexibility index (Phi) is 3.79. The van der Waals surface area contributed by atoms with Crippen molar-refractivity contribution in [3.63, 3.8) is 0 Å². The summed E-state index contributed by atoms with van der Waals surface area (Å²) in [5.41, 5.74) is 1.09. The Morgan fingerprint density at radius 2 is 1.65 bits per heavy atom. The summed E-state index contributed by atoms with van der Waals surface area (Å²) in [4.78, 5) is 3.20. The van der Waals surface area contributed by atoms with Crippen molar-refractivity contribution in [1.29, 1.82) is 0 Å². The van der Waals surface area contributed by atoms with Crippen LogP contribution in [0.4, 0.5) is 13.2 Å². The molecule has 26 heavy (non-hydrogen) atoms. The van der Waals surface area contributed by atoms with Crippen LogP contribution in [0.15, 0.2) is 78.9 Å². The number of nitrogens with one attached hydrogen (secondary N) is 1. The highest BCUT2D eigenvalue weighted by molar-refractivity contribution is 5.81. The van der Waals surface area contributed by atoms with Crippen LogP contribution in [0.3, 0.4) is 0 Å². The molecular weight excluding hydrogens is 335 g/mol. The molecule has 0 saturated carbocycles. The van der Waals surface area contributed by atoms with Crippen molar-refractivity contribution in [3.8, 4) is 0 Å². The number of aromatic amines is 1. The van der Waals surface area contributed by atoms with Gasteiger partial charge in [-0.1, -0.05) is 66.8 Å². The van der Waals surface area contributed by atoms with Crippen LogP contribution in [0.2, 0.25) is 0 Å². The van der Waals surface area contributed by atoms with Gasteiger partial charge in [-0.2, -0.15) is 13.2 Å². The third-order valence-corrected chi connectivity index (χ3v) is 5.17. The van der Waals surface area contributed by atoms with Crippen molar-refractivity contribution >= 4 is 16.5 Å². The first kappa shape index (κ1) is 16.7. The predicted octanol–water partition coefficient (Wildman–Crippen LogP) is 6.26. The molecule has 1 nitrogen and oxygen atoms in total. The maximum absolute atomic E-state index is 14.2. The molecule has 132 valence electrons. The van der Waals surface area contributed by atoms with Crippen LogP contribution in [-0.2, 0) is 5.41 Å². The standard InChI is InChI=1S/C22H18F3N/c1-21(19-14-16-10-5-6-12-18(16)26-19)13-7-11-17(20(21)22(23,24)25)15-8-3-2-4-9-15/h2-14,20,26H,1H3. The highest BCUT2D eigenvalue weighted by atomic mass is 19.4. The molecular formula is C22H18F3N. The molecule has 3 aromatic rings. The Hall–Kier alpha value is -2.75. The first-order valence-corrected chi connectivity index (χ1v) is 8.49. The first-order chi connectivity index (χ1) is 12.4. The maximum Gasteiger partial charge on any atom is 0.396 e. The fraction of sp³-hybridized carbons (Fsp3) is 0.182. The van der Waals surface area contributed by atoms with Gasteiger partial charge in [0.25, 0.3) is 0 Å². The van der Waals surface area contributed by atoms with E-state index in [4.69, 9.17) is 0 Å². The van der Waals surface area contributed by atoms with Crippen molar-refractivity contribution in [3.05, 3.63) is 90.1 Å². The van der Waals surface area contributed by atoms with Crippen LogP contribution < -0.4 is 0 Å². The van der Waals surface area contributed by atoms with E-state index < -0.39 is 17.5 Å². The van der Waals surface area contributed by atoms with Crippen LogP contribution in [-0.4, -0.2) is 11.2 Å². The zero-order valence-corrected chi connectivity index (χ0v) is 14.2. The molecule has 1 aliphatic carbocycles. The third kappa shape index (κ3) is 2.66. The summed E-state index contributed by atoms with van der Waals surface area (Å²) in [6.07, 6.45) is 0.592. The van der Waals surface area contributed by atoms with Gasteiger partial charge < -0.3 is 4.98 Å². The molecule has 0 amide bonds. The summed E-state index contributed by atoms with van der Waals surface area (Å²) >= 11 is 0. The number of halogens is 3. The molecule has 0 radical (unpaired) electrons. The second kappa shape index (κ2) is 5.90. The van der Waals surface area contributed by atoms with Crippen LogP contribution in [0, 0.1) is 5.92 Å². The number of alkyl halides is 3. The monoisotopic (exact) mass is 353 g/mol. The van der Waals surface area contributed by atoms with Gasteiger partial charge in [0.05, 0.1) is 5.92 Å². The minimum atomic E-state index is -4.38. The van der Waals surface area contributed by atoms with E-state index in [-0.39, 0.29) is 0 Å². The molecule has 0 spiro atoms. The summed E-state index contributed by atoms with van der Waals surface area (Å²) < 4.78 is 42.7. The number of benzene rings is 2. The van der Waals surface area contributed by atoms with Gasteiger partial charge in [-0.25, -0.2) is 0 Å². The molecule has 2 aromatic carbocycles. The van der Waals surface area contributed by atoms with E-state index >= 15 is 0 Å². The van der Waals surface area contributed by atoms with Crippen LogP contribution >= 0.6 is 0 Å². The minimum Gasteiger partial charge on any atom is -0.358 e. The van der Waals surface area contributed by atoms with Gasteiger partial charge in [-0.3, -0.25) is 0 Å². The number of fused-ring (bicyclic) bond motifs is 1. The normalized spacial score (nSPS) is 23.2. The quantitative estimate of drug-likeness (QED) is 0.560. The average molecular weight is 353 g/mol. The summed E-state index contributed by atoms with van der Waals surface area (Å²) in [6.45, 7) is 1.66. The average Bonchev–Trinajstić information content (AvgIpc) is 3.06. The van der Waals surface area contributed by atoms with Gasteiger partial charge in [-0.05, 0) is 35.6 Å². The molecule has 0 fully saturated rings. The highest BCUT2D eigenvalue weighted by Crippen LogP contribution is 2.51. The molecule has 1 N–H and O–H groups in total. The molecule has 4 heteroatoms. The summed E-state index contributed by atoms with van der Waals surface area (Å²) in [7, 11) is 0. The topological polar surface area (TPSA) is 15.8 Å². The fourth-order valence-corrected chi connectivity index (χ4v) is 3.89. The van der Waals surface area contributed by atoms with Gasteiger partial charge in [0.1, 0.15) is 0 Å². The number of hydrogen-bond acceptors (Lipinski definition) is 0. The van der Waals surface area contributed by atoms with Crippen LogP contribution in [0.1, 0.15) is 18.2 Å². The zero-order valence-electron chi connectivity index (χ0n) is 14.2. The Morgan fingerprint density at radius 3 is 2.35 bits per heavy atom. The number of allylic oxidation sites excluding steroid dienone is 4. The number of H-pyrrole nitrogens is 1. The van der Waals surface area contributed by atoms with Crippen molar-refractivity contribution in [2.45, 2.75) is 18.5 Å². The highest BCUT2D eigenvalue weighted by Gasteiger charge is 2.54. The Bertz CT molecular complexity index is 962. The molecule has 4 rings (SSSR count). The smallest absolute Gasteiger partial charge is 0.358 e. The molecule has 2 atom stereocenters. The van der Waals surface area contributed by atoms with E-state index in [1.807, 2.05) is 36.4 Å². The molecule has 1 aromatic heterocycles. The second-order valence-electron chi connectivity index (χ2n) is 6.87. The summed E-state index contributed by atoms with van der Waals surface area (Å²) in [6, 6.07) is 18.2. The van der Waals surface area contributed by atoms with Gasteiger partial charge >= 0.3 is 6.18 Å². The molecule has 0 bridgehead atoms. The molecule has 2 unspecified atom stereocenters. The van der Waals surface area contributed by atoms with E-state index in [0.717, 1.165) is 10.9 Å². The SMILES string of the molecule is CC1(c2cc3ccccc3[nH]2)C=CC=C(c2ccccc2)C1C(F)(F)F. The number of hydrogen-bond donors (Lipinski definition) is 1. The molecule has 0 aliphatic heterocycles. The third-order valence-electron chi connectivity index (χ3n) is 5.17. The largest absolute Gasteiger partial charge is 0.396 e.